The fourth-order valence-electron chi connectivity index (χ4n) is 3.41. The van der Waals surface area contributed by atoms with Gasteiger partial charge in [0.05, 0.1) is 5.25 Å². The van der Waals surface area contributed by atoms with Crippen LogP contribution >= 0.6 is 15.9 Å². The molecule has 1 fully saturated rings. The number of rotatable bonds is 3. The second-order valence-electron chi connectivity index (χ2n) is 6.29. The average Bonchev–Trinajstić information content (AvgIpc) is 3.05. The first-order valence-corrected chi connectivity index (χ1v) is 10.2. The minimum Gasteiger partial charge on any atom is -0.212 e. The van der Waals surface area contributed by atoms with E-state index in [4.69, 9.17) is 0 Å². The number of nitrogens with zero attached hydrogens (tertiary/aromatic N) is 1. The van der Waals surface area contributed by atoms with Crippen molar-refractivity contribution in [1.82, 2.24) is 4.31 Å². The van der Waals surface area contributed by atoms with E-state index >= 15 is 0 Å². The van der Waals surface area contributed by atoms with Gasteiger partial charge in [-0.3, -0.25) is 0 Å². The van der Waals surface area contributed by atoms with Crippen molar-refractivity contribution in [3.8, 4) is 0 Å². The number of hydrogen-bond donors (Lipinski definition) is 0. The fraction of sp³-hybridized carbons (Fsp3) is 0.529. The highest BCUT2D eigenvalue weighted by Gasteiger charge is 2.34. The number of allylic oxidation sites excluding steroid dienone is 2. The third-order valence-corrected chi connectivity index (χ3v) is 8.06. The molecule has 0 unspecified atom stereocenters. The van der Waals surface area contributed by atoms with Gasteiger partial charge in [0.15, 0.2) is 0 Å². The summed E-state index contributed by atoms with van der Waals surface area (Å²) < 4.78 is 28.1. The molecule has 0 amide bonds. The predicted octanol–water partition coefficient (Wildman–Crippen LogP) is 3.99. The molecule has 0 N–H and O–H groups in total. The highest BCUT2D eigenvalue weighted by atomic mass is 79.9. The molecule has 120 valence electrons. The third kappa shape index (κ3) is 3.17. The number of hydrogen-bond acceptors (Lipinski definition) is 2. The first-order valence-electron chi connectivity index (χ1n) is 7.88. The van der Waals surface area contributed by atoms with E-state index in [1.165, 1.54) is 11.1 Å². The average molecular weight is 384 g/mol. The molecule has 1 aromatic carbocycles. The van der Waals surface area contributed by atoms with Gasteiger partial charge < -0.3 is 0 Å². The summed E-state index contributed by atoms with van der Waals surface area (Å²) in [5.41, 5.74) is 2.57. The quantitative estimate of drug-likeness (QED) is 0.740. The van der Waals surface area contributed by atoms with E-state index in [1.54, 1.807) is 4.31 Å². The minimum atomic E-state index is -3.12. The highest BCUT2D eigenvalue weighted by Crippen LogP contribution is 2.33. The lowest BCUT2D eigenvalue weighted by atomic mass is 9.89. The summed E-state index contributed by atoms with van der Waals surface area (Å²) in [4.78, 5) is 0. The Morgan fingerprint density at radius 3 is 2.36 bits per heavy atom. The first kappa shape index (κ1) is 16.2. The summed E-state index contributed by atoms with van der Waals surface area (Å²) in [6, 6.07) is 6.48. The number of halogens is 1. The fourth-order valence-corrected chi connectivity index (χ4v) is 5.51. The van der Waals surface area contributed by atoms with Gasteiger partial charge in [0.1, 0.15) is 0 Å². The van der Waals surface area contributed by atoms with Crippen LogP contribution in [0.4, 0.5) is 0 Å². The van der Waals surface area contributed by atoms with Gasteiger partial charge >= 0.3 is 0 Å². The van der Waals surface area contributed by atoms with Crippen molar-refractivity contribution in [1.29, 1.82) is 0 Å². The summed E-state index contributed by atoms with van der Waals surface area (Å²) in [5, 5.41) is -0.223. The van der Waals surface area contributed by atoms with E-state index in [2.05, 4.69) is 41.1 Å². The summed E-state index contributed by atoms with van der Waals surface area (Å²) >= 11 is 3.53. The predicted molar refractivity (Wildman–Crippen MR) is 93.5 cm³/mol. The lowest BCUT2D eigenvalue weighted by Gasteiger charge is -2.33. The zero-order valence-corrected chi connectivity index (χ0v) is 15.2. The molecule has 1 aliphatic heterocycles. The Morgan fingerprint density at radius 1 is 1.14 bits per heavy atom. The summed E-state index contributed by atoms with van der Waals surface area (Å²) in [7, 11) is -3.12. The van der Waals surface area contributed by atoms with Gasteiger partial charge in [-0.25, -0.2) is 12.7 Å². The molecular formula is C17H22BrNO2S. The summed E-state index contributed by atoms with van der Waals surface area (Å²) in [5.74, 6) is 0.472. The van der Waals surface area contributed by atoms with Crippen molar-refractivity contribution in [2.45, 2.75) is 43.8 Å². The third-order valence-electron chi connectivity index (χ3n) is 4.85. The minimum absolute atomic E-state index is 0.223. The van der Waals surface area contributed by atoms with Crippen LogP contribution in [0.2, 0.25) is 0 Å². The molecule has 0 atom stereocenters. The van der Waals surface area contributed by atoms with Crippen LogP contribution in [-0.4, -0.2) is 31.1 Å². The number of benzene rings is 1. The largest absolute Gasteiger partial charge is 0.217 e. The van der Waals surface area contributed by atoms with E-state index < -0.39 is 10.0 Å². The van der Waals surface area contributed by atoms with E-state index in [-0.39, 0.29) is 5.25 Å². The van der Waals surface area contributed by atoms with E-state index in [1.807, 2.05) is 12.2 Å². The Balaban J connectivity index is 1.66. The van der Waals surface area contributed by atoms with Crippen LogP contribution < -0.4 is 0 Å². The Hall–Kier alpha value is -0.650. The molecule has 5 heteroatoms. The Labute approximate surface area is 141 Å². The van der Waals surface area contributed by atoms with Crippen LogP contribution in [0.25, 0.3) is 0 Å². The van der Waals surface area contributed by atoms with Gasteiger partial charge in [-0.05, 0) is 55.7 Å². The SMILES string of the molecule is Cc1cc(C2CCN(S(=O)(=O)C3CC=CC3)CC2)ccc1Br. The normalized spacial score (nSPS) is 21.5. The Kier molecular flexibility index (Phi) is 4.76. The van der Waals surface area contributed by atoms with Crippen molar-refractivity contribution >= 4 is 26.0 Å². The van der Waals surface area contributed by atoms with Gasteiger partial charge in [-0.15, -0.1) is 0 Å². The lowest BCUT2D eigenvalue weighted by molar-refractivity contribution is 0.316. The van der Waals surface area contributed by atoms with Crippen molar-refractivity contribution in [3.63, 3.8) is 0 Å². The zero-order valence-electron chi connectivity index (χ0n) is 12.8. The van der Waals surface area contributed by atoms with Crippen molar-refractivity contribution in [2.75, 3.05) is 13.1 Å². The molecule has 22 heavy (non-hydrogen) atoms. The molecule has 1 aromatic rings. The molecule has 3 rings (SSSR count). The zero-order chi connectivity index (χ0) is 15.7. The topological polar surface area (TPSA) is 37.4 Å². The van der Waals surface area contributed by atoms with Crippen molar-refractivity contribution in [3.05, 3.63) is 46.0 Å². The van der Waals surface area contributed by atoms with E-state index in [9.17, 15) is 8.42 Å². The molecular weight excluding hydrogens is 362 g/mol. The second-order valence-corrected chi connectivity index (χ2v) is 9.36. The van der Waals surface area contributed by atoms with E-state index in [0.29, 0.717) is 31.8 Å². The van der Waals surface area contributed by atoms with Gasteiger partial charge in [-0.1, -0.05) is 40.2 Å². The molecule has 3 nitrogen and oxygen atoms in total. The maximum atomic E-state index is 12.6. The number of sulfonamides is 1. The smallest absolute Gasteiger partial charge is 0.212 e. The summed E-state index contributed by atoms with van der Waals surface area (Å²) in [6.07, 6.45) is 7.16. The number of aryl methyl sites for hydroxylation is 1. The molecule has 0 bridgehead atoms. The molecule has 1 saturated heterocycles. The molecule has 1 aliphatic carbocycles. The molecule has 0 saturated carbocycles. The maximum Gasteiger partial charge on any atom is 0.217 e. The summed E-state index contributed by atoms with van der Waals surface area (Å²) in [6.45, 7) is 3.40. The van der Waals surface area contributed by atoms with Crippen LogP contribution in [-0.2, 0) is 10.0 Å². The van der Waals surface area contributed by atoms with Gasteiger partial charge in [0.25, 0.3) is 0 Å². The van der Waals surface area contributed by atoms with Crippen LogP contribution in [0, 0.1) is 6.92 Å². The first-order chi connectivity index (χ1) is 10.5. The Morgan fingerprint density at radius 2 is 1.77 bits per heavy atom. The van der Waals surface area contributed by atoms with Crippen molar-refractivity contribution < 1.29 is 8.42 Å². The standard InChI is InChI=1S/C17H22BrNO2S/c1-13-12-15(6-7-17(13)18)14-8-10-19(11-9-14)22(20,21)16-4-2-3-5-16/h2-3,6-7,12,14,16H,4-5,8-11H2,1H3. The van der Waals surface area contributed by atoms with E-state index in [0.717, 1.165) is 17.3 Å². The lowest BCUT2D eigenvalue weighted by Crippen LogP contribution is -2.42. The van der Waals surface area contributed by atoms with Crippen LogP contribution in [0.15, 0.2) is 34.8 Å². The second kappa shape index (κ2) is 6.46. The van der Waals surface area contributed by atoms with Gasteiger partial charge in [0, 0.05) is 17.6 Å². The molecule has 0 aromatic heterocycles. The van der Waals surface area contributed by atoms with Gasteiger partial charge in [0.2, 0.25) is 10.0 Å². The highest BCUT2D eigenvalue weighted by molar-refractivity contribution is 9.10. The number of piperidine rings is 1. The maximum absolute atomic E-state index is 12.6. The Bertz CT molecular complexity index is 668. The van der Waals surface area contributed by atoms with Crippen LogP contribution in [0.1, 0.15) is 42.7 Å². The monoisotopic (exact) mass is 383 g/mol. The molecule has 0 spiro atoms. The van der Waals surface area contributed by atoms with Crippen LogP contribution in [0.5, 0.6) is 0 Å². The molecule has 1 heterocycles. The molecule has 2 aliphatic rings. The van der Waals surface area contributed by atoms with Crippen LogP contribution in [0.3, 0.4) is 0 Å². The van der Waals surface area contributed by atoms with Gasteiger partial charge in [-0.2, -0.15) is 0 Å². The van der Waals surface area contributed by atoms with Crippen molar-refractivity contribution in [2.24, 2.45) is 0 Å². The molecule has 0 radical (unpaired) electrons.